The van der Waals surface area contributed by atoms with Crippen LogP contribution in [0.1, 0.15) is 17.0 Å². The van der Waals surface area contributed by atoms with Gasteiger partial charge in [-0.05, 0) is 13.5 Å². The molecule has 0 fully saturated rings. The summed E-state index contributed by atoms with van der Waals surface area (Å²) in [5.74, 6) is 0. The van der Waals surface area contributed by atoms with Crippen molar-refractivity contribution >= 4 is 0 Å². The van der Waals surface area contributed by atoms with Crippen LogP contribution < -0.4 is 5.73 Å². The standard InChI is InChI=1S/C8H14N4/c1-12-3-2-6-7(4-9)10-11-8(6)5-12/h2-5,9H2,1H3,(H,10,11). The Kier molecular flexibility index (Phi) is 1.86. The van der Waals surface area contributed by atoms with Crippen LogP contribution >= 0.6 is 0 Å². The highest BCUT2D eigenvalue weighted by Gasteiger charge is 2.18. The first-order chi connectivity index (χ1) is 5.81. The van der Waals surface area contributed by atoms with Crippen molar-refractivity contribution in [2.75, 3.05) is 13.6 Å². The molecule has 0 radical (unpaired) electrons. The van der Waals surface area contributed by atoms with Gasteiger partial charge in [-0.3, -0.25) is 5.10 Å². The van der Waals surface area contributed by atoms with Crippen molar-refractivity contribution < 1.29 is 0 Å². The van der Waals surface area contributed by atoms with Gasteiger partial charge < -0.3 is 10.6 Å². The SMILES string of the molecule is CN1CCc2c(CN)n[nH]c2C1. The Bertz CT molecular complexity index is 279. The van der Waals surface area contributed by atoms with Gasteiger partial charge in [-0.15, -0.1) is 0 Å². The summed E-state index contributed by atoms with van der Waals surface area (Å²) in [6.07, 6.45) is 1.08. The molecular weight excluding hydrogens is 152 g/mol. The lowest BCUT2D eigenvalue weighted by molar-refractivity contribution is 0.308. The van der Waals surface area contributed by atoms with Crippen LogP contribution in [0.4, 0.5) is 0 Å². The number of likely N-dealkylation sites (N-methyl/N-ethyl adjacent to an activating group) is 1. The molecule has 0 unspecified atom stereocenters. The Morgan fingerprint density at radius 2 is 2.50 bits per heavy atom. The molecule has 0 spiro atoms. The van der Waals surface area contributed by atoms with Crippen LogP contribution in [0.3, 0.4) is 0 Å². The minimum absolute atomic E-state index is 0.551. The summed E-state index contributed by atoms with van der Waals surface area (Å²) in [4.78, 5) is 2.28. The van der Waals surface area contributed by atoms with Gasteiger partial charge in [-0.25, -0.2) is 0 Å². The van der Waals surface area contributed by atoms with E-state index in [1.807, 2.05) is 0 Å². The fraction of sp³-hybridized carbons (Fsp3) is 0.625. The van der Waals surface area contributed by atoms with Gasteiger partial charge >= 0.3 is 0 Å². The molecule has 1 aromatic heterocycles. The molecule has 0 amide bonds. The van der Waals surface area contributed by atoms with E-state index in [0.717, 1.165) is 25.2 Å². The number of fused-ring (bicyclic) bond motifs is 1. The maximum atomic E-state index is 5.56. The Morgan fingerprint density at radius 1 is 1.67 bits per heavy atom. The molecule has 4 nitrogen and oxygen atoms in total. The first-order valence-electron chi connectivity index (χ1n) is 4.25. The van der Waals surface area contributed by atoms with Gasteiger partial charge in [-0.2, -0.15) is 5.10 Å². The molecule has 4 heteroatoms. The van der Waals surface area contributed by atoms with Crippen molar-refractivity contribution in [3.63, 3.8) is 0 Å². The number of rotatable bonds is 1. The summed E-state index contributed by atoms with van der Waals surface area (Å²) < 4.78 is 0. The first-order valence-corrected chi connectivity index (χ1v) is 4.25. The average Bonchev–Trinajstić information content (AvgIpc) is 2.46. The van der Waals surface area contributed by atoms with Gasteiger partial charge in [0.2, 0.25) is 0 Å². The van der Waals surface area contributed by atoms with Crippen LogP contribution in [0.15, 0.2) is 0 Å². The second-order valence-corrected chi connectivity index (χ2v) is 3.32. The summed E-state index contributed by atoms with van der Waals surface area (Å²) >= 11 is 0. The summed E-state index contributed by atoms with van der Waals surface area (Å²) in [5.41, 5.74) is 9.18. The highest BCUT2D eigenvalue weighted by atomic mass is 15.2. The highest BCUT2D eigenvalue weighted by Crippen LogP contribution is 2.18. The van der Waals surface area contributed by atoms with Gasteiger partial charge in [-0.1, -0.05) is 0 Å². The predicted octanol–water partition coefficient (Wildman–Crippen LogP) is -0.144. The van der Waals surface area contributed by atoms with Gasteiger partial charge in [0.25, 0.3) is 0 Å². The van der Waals surface area contributed by atoms with Gasteiger partial charge in [0.15, 0.2) is 0 Å². The van der Waals surface area contributed by atoms with Crippen LogP contribution in [-0.4, -0.2) is 28.7 Å². The van der Waals surface area contributed by atoms with Crippen molar-refractivity contribution in [3.05, 3.63) is 17.0 Å². The lowest BCUT2D eigenvalue weighted by atomic mass is 10.1. The molecule has 0 saturated carbocycles. The number of nitrogens with one attached hydrogen (secondary N) is 1. The quantitative estimate of drug-likeness (QED) is 0.610. The third kappa shape index (κ3) is 1.13. The second-order valence-electron chi connectivity index (χ2n) is 3.32. The van der Waals surface area contributed by atoms with E-state index in [-0.39, 0.29) is 0 Å². The van der Waals surface area contributed by atoms with E-state index in [1.54, 1.807) is 0 Å². The minimum atomic E-state index is 0.551. The Balaban J connectivity index is 2.32. The maximum absolute atomic E-state index is 5.56. The highest BCUT2D eigenvalue weighted by molar-refractivity contribution is 5.27. The van der Waals surface area contributed by atoms with E-state index < -0.39 is 0 Å². The number of nitrogens with two attached hydrogens (primary N) is 1. The van der Waals surface area contributed by atoms with Crippen LogP contribution in [0, 0.1) is 0 Å². The Labute approximate surface area is 71.7 Å². The summed E-state index contributed by atoms with van der Waals surface area (Å²) in [7, 11) is 2.12. The normalized spacial score (nSPS) is 17.8. The molecular formula is C8H14N4. The van der Waals surface area contributed by atoms with Crippen molar-refractivity contribution in [2.45, 2.75) is 19.5 Å². The largest absolute Gasteiger partial charge is 0.325 e. The molecule has 1 aliphatic rings. The van der Waals surface area contributed by atoms with Crippen molar-refractivity contribution in [1.82, 2.24) is 15.1 Å². The van der Waals surface area contributed by atoms with Crippen molar-refractivity contribution in [3.8, 4) is 0 Å². The molecule has 66 valence electrons. The smallest absolute Gasteiger partial charge is 0.0793 e. The van der Waals surface area contributed by atoms with E-state index >= 15 is 0 Å². The first kappa shape index (κ1) is 7.76. The van der Waals surface area contributed by atoms with E-state index in [1.165, 1.54) is 11.3 Å². The molecule has 0 bridgehead atoms. The van der Waals surface area contributed by atoms with E-state index in [4.69, 9.17) is 5.73 Å². The molecule has 0 aromatic carbocycles. The Hall–Kier alpha value is -0.870. The Morgan fingerprint density at radius 3 is 3.25 bits per heavy atom. The maximum Gasteiger partial charge on any atom is 0.0793 e. The van der Waals surface area contributed by atoms with E-state index in [9.17, 15) is 0 Å². The molecule has 2 heterocycles. The van der Waals surface area contributed by atoms with E-state index in [0.29, 0.717) is 6.54 Å². The van der Waals surface area contributed by atoms with Crippen LogP contribution in [0.25, 0.3) is 0 Å². The zero-order valence-corrected chi connectivity index (χ0v) is 7.30. The van der Waals surface area contributed by atoms with Crippen molar-refractivity contribution in [2.24, 2.45) is 5.73 Å². The number of H-pyrrole nitrogens is 1. The average molecular weight is 166 g/mol. The summed E-state index contributed by atoms with van der Waals surface area (Å²) in [6.45, 7) is 2.64. The zero-order chi connectivity index (χ0) is 8.55. The molecule has 0 saturated heterocycles. The zero-order valence-electron chi connectivity index (χ0n) is 7.30. The lowest BCUT2D eigenvalue weighted by Gasteiger charge is -2.21. The third-order valence-corrected chi connectivity index (χ3v) is 2.40. The fourth-order valence-corrected chi connectivity index (χ4v) is 1.69. The number of hydrogen-bond donors (Lipinski definition) is 2. The monoisotopic (exact) mass is 166 g/mol. The molecule has 1 aliphatic heterocycles. The summed E-state index contributed by atoms with van der Waals surface area (Å²) in [5, 5.41) is 7.21. The predicted molar refractivity (Wildman–Crippen MR) is 46.5 cm³/mol. The third-order valence-electron chi connectivity index (χ3n) is 2.40. The second kappa shape index (κ2) is 2.88. The topological polar surface area (TPSA) is 57.9 Å². The van der Waals surface area contributed by atoms with Crippen molar-refractivity contribution in [1.29, 1.82) is 0 Å². The molecule has 0 atom stereocenters. The number of hydrogen-bond acceptors (Lipinski definition) is 3. The van der Waals surface area contributed by atoms with Crippen LogP contribution in [0.2, 0.25) is 0 Å². The summed E-state index contributed by atoms with van der Waals surface area (Å²) in [6, 6.07) is 0. The van der Waals surface area contributed by atoms with Gasteiger partial charge in [0, 0.05) is 25.2 Å². The number of aromatic amines is 1. The van der Waals surface area contributed by atoms with Gasteiger partial charge in [0.1, 0.15) is 0 Å². The molecule has 1 aromatic rings. The van der Waals surface area contributed by atoms with Crippen LogP contribution in [-0.2, 0) is 19.5 Å². The molecule has 3 N–H and O–H groups in total. The van der Waals surface area contributed by atoms with E-state index in [2.05, 4.69) is 22.1 Å². The lowest BCUT2D eigenvalue weighted by Crippen LogP contribution is -2.26. The minimum Gasteiger partial charge on any atom is -0.325 e. The molecule has 0 aliphatic carbocycles. The van der Waals surface area contributed by atoms with Crippen LogP contribution in [0.5, 0.6) is 0 Å². The fourth-order valence-electron chi connectivity index (χ4n) is 1.69. The molecule has 2 rings (SSSR count). The molecule has 12 heavy (non-hydrogen) atoms. The number of nitrogens with zero attached hydrogens (tertiary/aromatic N) is 2. The van der Waals surface area contributed by atoms with Gasteiger partial charge in [0.05, 0.1) is 11.4 Å². The number of aromatic nitrogens is 2.